The molecule has 2 rings (SSSR count). The maximum Gasteiger partial charge on any atom is 0.433 e. The average Bonchev–Trinajstić information content (AvgIpc) is 3.01. The van der Waals surface area contributed by atoms with Crippen LogP contribution >= 0.6 is 0 Å². The van der Waals surface area contributed by atoms with Gasteiger partial charge in [0.05, 0.1) is 19.3 Å². The second-order valence-corrected chi connectivity index (χ2v) is 13.3. The Bertz CT molecular complexity index is 803. The first-order valence-corrected chi connectivity index (χ1v) is 12.4. The van der Waals surface area contributed by atoms with E-state index >= 15 is 0 Å². The summed E-state index contributed by atoms with van der Waals surface area (Å²) in [6.45, 7) is 6.42. The first-order valence-electron chi connectivity index (χ1n) is 8.73. The van der Waals surface area contributed by atoms with Crippen LogP contribution in [0, 0.1) is 5.82 Å². The molecule has 0 saturated carbocycles. The lowest BCUT2D eigenvalue weighted by molar-refractivity contribution is -0.146. The minimum Gasteiger partial charge on any atom is -0.496 e. The highest BCUT2D eigenvalue weighted by Crippen LogP contribution is 2.34. The van der Waals surface area contributed by atoms with Crippen molar-refractivity contribution in [2.75, 3.05) is 13.7 Å². The Hall–Kier alpha value is -1.91. The second-order valence-electron chi connectivity index (χ2n) is 7.64. The Labute approximate surface area is 162 Å². The molecule has 0 amide bonds. The number of nitrogens with two attached hydrogens (primary N) is 1. The van der Waals surface area contributed by atoms with Gasteiger partial charge in [-0.05, 0) is 24.2 Å². The highest BCUT2D eigenvalue weighted by atomic mass is 28.3. The van der Waals surface area contributed by atoms with Gasteiger partial charge in [-0.3, -0.25) is 4.57 Å². The third-order valence-electron chi connectivity index (χ3n) is 4.20. The van der Waals surface area contributed by atoms with Crippen LogP contribution in [0.25, 0.3) is 0 Å². The molecule has 2 aromatic rings. The number of benzene rings is 1. The van der Waals surface area contributed by atoms with Crippen LogP contribution in [0.1, 0.15) is 23.1 Å². The number of methoxy groups -OCH3 is 1. The predicted molar refractivity (Wildman–Crippen MR) is 100 cm³/mol. The van der Waals surface area contributed by atoms with Gasteiger partial charge < -0.3 is 15.2 Å². The van der Waals surface area contributed by atoms with E-state index in [2.05, 4.69) is 24.6 Å². The minimum absolute atomic E-state index is 0.0794. The third-order valence-corrected chi connectivity index (χ3v) is 5.90. The van der Waals surface area contributed by atoms with E-state index in [-0.39, 0.29) is 23.9 Å². The van der Waals surface area contributed by atoms with Crippen LogP contribution in [-0.2, 0) is 17.6 Å². The lowest BCUT2D eigenvalue weighted by Crippen LogP contribution is -2.25. The zero-order valence-electron chi connectivity index (χ0n) is 16.3. The molecule has 156 valence electrons. The van der Waals surface area contributed by atoms with E-state index in [1.165, 1.54) is 19.2 Å². The number of ether oxygens (including phenoxy) is 2. The smallest absolute Gasteiger partial charge is 0.433 e. The maximum atomic E-state index is 13.7. The van der Waals surface area contributed by atoms with Gasteiger partial charge in [0, 0.05) is 20.2 Å². The van der Waals surface area contributed by atoms with E-state index in [9.17, 15) is 17.6 Å². The molecule has 1 atom stereocenters. The first-order chi connectivity index (χ1) is 12.9. The van der Waals surface area contributed by atoms with Crippen molar-refractivity contribution < 1.29 is 27.0 Å². The number of aromatic nitrogens is 2. The standard InChI is InChI=1S/C18H25F4N3O2Si/c1-26-14-6-5-12(19)9-13(14)16(23)17-24-10-15(18(20,21)22)25(17)11-27-7-8-28(2,3)4/h5-6,9-10,16H,7-8,11,23H2,1-4H3. The van der Waals surface area contributed by atoms with Crippen molar-refractivity contribution >= 4 is 8.07 Å². The normalized spacial score (nSPS) is 13.6. The zero-order valence-corrected chi connectivity index (χ0v) is 17.3. The van der Waals surface area contributed by atoms with Gasteiger partial charge in [0.1, 0.15) is 29.8 Å². The topological polar surface area (TPSA) is 62.3 Å². The van der Waals surface area contributed by atoms with Crippen molar-refractivity contribution in [2.45, 2.75) is 44.6 Å². The molecule has 0 spiro atoms. The second kappa shape index (κ2) is 8.62. The fourth-order valence-electron chi connectivity index (χ4n) is 2.62. The van der Waals surface area contributed by atoms with E-state index in [1.807, 2.05) is 0 Å². The summed E-state index contributed by atoms with van der Waals surface area (Å²) in [5.74, 6) is -0.396. The maximum absolute atomic E-state index is 13.7. The van der Waals surface area contributed by atoms with Crippen molar-refractivity contribution in [2.24, 2.45) is 5.73 Å². The molecule has 1 aromatic carbocycles. The molecule has 1 unspecified atom stereocenters. The molecule has 2 N–H and O–H groups in total. The quantitative estimate of drug-likeness (QED) is 0.391. The molecule has 0 bridgehead atoms. The summed E-state index contributed by atoms with van der Waals surface area (Å²) in [6.07, 6.45) is -3.91. The summed E-state index contributed by atoms with van der Waals surface area (Å²) < 4.78 is 65.4. The molecular formula is C18H25F4N3O2Si. The van der Waals surface area contributed by atoms with Crippen molar-refractivity contribution in [3.05, 3.63) is 47.3 Å². The molecule has 0 aliphatic rings. The van der Waals surface area contributed by atoms with Crippen LogP contribution in [0.3, 0.4) is 0 Å². The monoisotopic (exact) mass is 419 g/mol. The Morgan fingerprint density at radius 2 is 1.93 bits per heavy atom. The summed E-state index contributed by atoms with van der Waals surface area (Å²) in [7, 11) is -0.0197. The van der Waals surface area contributed by atoms with Gasteiger partial charge in [-0.15, -0.1) is 0 Å². The average molecular weight is 419 g/mol. The summed E-state index contributed by atoms with van der Waals surface area (Å²) in [5.41, 5.74) is 5.37. The van der Waals surface area contributed by atoms with Crippen molar-refractivity contribution in [1.29, 1.82) is 0 Å². The van der Waals surface area contributed by atoms with Gasteiger partial charge in [0.2, 0.25) is 0 Å². The molecule has 1 heterocycles. The van der Waals surface area contributed by atoms with E-state index in [4.69, 9.17) is 15.2 Å². The van der Waals surface area contributed by atoms with Crippen LogP contribution in [0.15, 0.2) is 24.4 Å². The number of hydrogen-bond donors (Lipinski definition) is 1. The fourth-order valence-corrected chi connectivity index (χ4v) is 3.38. The van der Waals surface area contributed by atoms with Gasteiger partial charge in [-0.1, -0.05) is 19.6 Å². The molecule has 28 heavy (non-hydrogen) atoms. The molecule has 5 nitrogen and oxygen atoms in total. The zero-order chi connectivity index (χ0) is 21.1. The number of alkyl halides is 3. The summed E-state index contributed by atoms with van der Waals surface area (Å²) in [6, 6.07) is 3.36. The Morgan fingerprint density at radius 3 is 2.50 bits per heavy atom. The molecule has 0 fully saturated rings. The number of hydrogen-bond acceptors (Lipinski definition) is 4. The predicted octanol–water partition coefficient (Wildman–Crippen LogP) is 4.41. The van der Waals surface area contributed by atoms with Crippen LogP contribution in [0.4, 0.5) is 17.6 Å². The minimum atomic E-state index is -4.63. The number of nitrogens with zero attached hydrogens (tertiary/aromatic N) is 2. The number of imidazole rings is 1. The van der Waals surface area contributed by atoms with E-state index < -0.39 is 31.8 Å². The summed E-state index contributed by atoms with van der Waals surface area (Å²) in [4.78, 5) is 3.86. The molecular weight excluding hydrogens is 394 g/mol. The lowest BCUT2D eigenvalue weighted by atomic mass is 10.1. The van der Waals surface area contributed by atoms with Crippen molar-refractivity contribution in [3.63, 3.8) is 0 Å². The van der Waals surface area contributed by atoms with E-state index in [0.717, 1.165) is 16.7 Å². The molecule has 10 heteroatoms. The van der Waals surface area contributed by atoms with Crippen molar-refractivity contribution in [1.82, 2.24) is 9.55 Å². The lowest BCUT2D eigenvalue weighted by Gasteiger charge is -2.20. The Morgan fingerprint density at radius 1 is 1.25 bits per heavy atom. The molecule has 1 aromatic heterocycles. The molecule has 0 aliphatic heterocycles. The van der Waals surface area contributed by atoms with Gasteiger partial charge in [0.15, 0.2) is 0 Å². The van der Waals surface area contributed by atoms with Crippen LogP contribution in [0.5, 0.6) is 5.75 Å². The van der Waals surface area contributed by atoms with Crippen LogP contribution in [-0.4, -0.2) is 31.3 Å². The fraction of sp³-hybridized carbons (Fsp3) is 0.500. The SMILES string of the molecule is COc1ccc(F)cc1C(N)c1ncc(C(F)(F)F)n1COCC[Si](C)(C)C. The third kappa shape index (κ3) is 5.55. The molecule has 0 aliphatic carbocycles. The highest BCUT2D eigenvalue weighted by Gasteiger charge is 2.37. The molecule has 0 radical (unpaired) electrons. The first kappa shape index (κ1) is 22.4. The van der Waals surface area contributed by atoms with Crippen molar-refractivity contribution in [3.8, 4) is 5.75 Å². The van der Waals surface area contributed by atoms with E-state index in [0.29, 0.717) is 12.8 Å². The van der Waals surface area contributed by atoms with Gasteiger partial charge in [-0.2, -0.15) is 13.2 Å². The number of halogens is 4. The van der Waals surface area contributed by atoms with Crippen LogP contribution in [0.2, 0.25) is 25.7 Å². The van der Waals surface area contributed by atoms with Crippen LogP contribution < -0.4 is 10.5 Å². The molecule has 0 saturated heterocycles. The largest absolute Gasteiger partial charge is 0.496 e. The van der Waals surface area contributed by atoms with Gasteiger partial charge in [-0.25, -0.2) is 9.37 Å². The Kier molecular flexibility index (Phi) is 6.89. The summed E-state index contributed by atoms with van der Waals surface area (Å²) >= 11 is 0. The van der Waals surface area contributed by atoms with Gasteiger partial charge >= 0.3 is 6.18 Å². The number of rotatable bonds is 8. The highest BCUT2D eigenvalue weighted by molar-refractivity contribution is 6.76. The Balaban J connectivity index is 2.36. The van der Waals surface area contributed by atoms with E-state index in [1.54, 1.807) is 0 Å². The van der Waals surface area contributed by atoms with Gasteiger partial charge in [0.25, 0.3) is 0 Å². The summed E-state index contributed by atoms with van der Waals surface area (Å²) in [5, 5.41) is 0.